The molecule has 1 atom stereocenters. The summed E-state index contributed by atoms with van der Waals surface area (Å²) in [6, 6.07) is 16.5. The molecule has 0 aliphatic rings. The minimum absolute atomic E-state index is 0.159. The molecule has 0 radical (unpaired) electrons. The third kappa shape index (κ3) is 5.72. The van der Waals surface area contributed by atoms with E-state index in [9.17, 15) is 4.79 Å². The van der Waals surface area contributed by atoms with Crippen molar-refractivity contribution in [3.8, 4) is 17.1 Å². The summed E-state index contributed by atoms with van der Waals surface area (Å²) >= 11 is 0. The van der Waals surface area contributed by atoms with Gasteiger partial charge in [0.2, 0.25) is 0 Å². The molecule has 0 saturated heterocycles. The van der Waals surface area contributed by atoms with Gasteiger partial charge in [0.25, 0.3) is 0 Å². The molecule has 0 aliphatic carbocycles. The van der Waals surface area contributed by atoms with E-state index in [1.54, 1.807) is 0 Å². The molecule has 5 heteroatoms. The number of aromatic nitrogens is 2. The molecule has 1 aromatic heterocycles. The largest absolute Gasteiger partial charge is 0.493 e. The molecule has 3 rings (SSSR count). The molecular weight excluding hydrogens is 376 g/mol. The van der Waals surface area contributed by atoms with Crippen LogP contribution in [-0.4, -0.2) is 27.2 Å². The number of imidazole rings is 1. The molecule has 0 amide bonds. The van der Waals surface area contributed by atoms with Crippen LogP contribution in [0.4, 0.5) is 0 Å². The van der Waals surface area contributed by atoms with Crippen LogP contribution in [0.3, 0.4) is 0 Å². The van der Waals surface area contributed by atoms with Gasteiger partial charge in [0, 0.05) is 29.4 Å². The van der Waals surface area contributed by atoms with Crippen LogP contribution in [0.2, 0.25) is 0 Å². The highest BCUT2D eigenvalue weighted by molar-refractivity contribution is 5.66. The number of para-hydroxylation sites is 1. The van der Waals surface area contributed by atoms with E-state index in [0.29, 0.717) is 13.2 Å². The molecule has 2 aromatic carbocycles. The van der Waals surface area contributed by atoms with Crippen LogP contribution in [0.1, 0.15) is 43.0 Å². The first-order valence-electron chi connectivity index (χ1n) is 10.5. The van der Waals surface area contributed by atoms with Crippen LogP contribution in [0.5, 0.6) is 5.75 Å². The van der Waals surface area contributed by atoms with Crippen molar-refractivity contribution in [2.45, 2.75) is 46.6 Å². The Kier molecular flexibility index (Phi) is 7.28. The molecule has 3 aromatic rings. The number of carboxylic acid groups (broad SMARTS) is 1. The van der Waals surface area contributed by atoms with E-state index >= 15 is 0 Å². The van der Waals surface area contributed by atoms with Crippen molar-refractivity contribution in [2.75, 3.05) is 6.61 Å². The summed E-state index contributed by atoms with van der Waals surface area (Å²) in [5, 5.41) is 8.88. The van der Waals surface area contributed by atoms with Crippen molar-refractivity contribution in [1.29, 1.82) is 0 Å². The second kappa shape index (κ2) is 10.1. The Hall–Kier alpha value is -3.08. The van der Waals surface area contributed by atoms with E-state index in [4.69, 9.17) is 9.84 Å². The zero-order chi connectivity index (χ0) is 21.5. The van der Waals surface area contributed by atoms with Crippen molar-refractivity contribution >= 4 is 5.97 Å². The predicted octanol–water partition coefficient (Wildman–Crippen LogP) is 5.49. The number of aryl methyl sites for hydroxylation is 2. The SMILES string of the molecule is Cc1ccc(-c2ncc(C)n2Cc2ccccc2OCCC[C@@H](C)CC(=O)O)cc1. The third-order valence-electron chi connectivity index (χ3n) is 5.29. The molecular formula is C25H30N2O3. The van der Waals surface area contributed by atoms with Crippen molar-refractivity contribution < 1.29 is 14.6 Å². The first kappa shape index (κ1) is 21.6. The fourth-order valence-electron chi connectivity index (χ4n) is 3.55. The van der Waals surface area contributed by atoms with E-state index < -0.39 is 5.97 Å². The number of carbonyl (C=O) groups is 1. The first-order chi connectivity index (χ1) is 14.4. The fraction of sp³-hybridized carbons (Fsp3) is 0.360. The van der Waals surface area contributed by atoms with Gasteiger partial charge >= 0.3 is 5.97 Å². The van der Waals surface area contributed by atoms with E-state index in [2.05, 4.69) is 53.7 Å². The normalized spacial score (nSPS) is 12.0. The Bertz CT molecular complexity index is 976. The Morgan fingerprint density at radius 1 is 1.13 bits per heavy atom. The van der Waals surface area contributed by atoms with Gasteiger partial charge < -0.3 is 14.4 Å². The molecule has 158 valence electrons. The van der Waals surface area contributed by atoms with Crippen molar-refractivity contribution in [3.05, 3.63) is 71.5 Å². The van der Waals surface area contributed by atoms with Crippen molar-refractivity contribution in [1.82, 2.24) is 9.55 Å². The number of hydrogen-bond donors (Lipinski definition) is 1. The average molecular weight is 407 g/mol. The average Bonchev–Trinajstić information content (AvgIpc) is 3.07. The van der Waals surface area contributed by atoms with Crippen molar-refractivity contribution in [3.63, 3.8) is 0 Å². The summed E-state index contributed by atoms with van der Waals surface area (Å²) in [6.45, 7) is 7.38. The summed E-state index contributed by atoms with van der Waals surface area (Å²) < 4.78 is 8.27. The molecule has 1 N–H and O–H groups in total. The molecule has 0 fully saturated rings. The maximum Gasteiger partial charge on any atom is 0.303 e. The van der Waals surface area contributed by atoms with Gasteiger partial charge in [-0.25, -0.2) is 4.98 Å². The van der Waals surface area contributed by atoms with Crippen molar-refractivity contribution in [2.24, 2.45) is 5.92 Å². The second-order valence-corrected chi connectivity index (χ2v) is 7.98. The van der Waals surface area contributed by atoms with E-state index in [-0.39, 0.29) is 12.3 Å². The minimum atomic E-state index is -0.742. The van der Waals surface area contributed by atoms with E-state index in [1.165, 1.54) is 5.56 Å². The highest BCUT2D eigenvalue weighted by atomic mass is 16.5. The first-order valence-corrected chi connectivity index (χ1v) is 10.5. The number of hydrogen-bond acceptors (Lipinski definition) is 3. The maximum atomic E-state index is 10.8. The van der Waals surface area contributed by atoms with E-state index in [1.807, 2.05) is 31.3 Å². The number of ether oxygens (including phenoxy) is 1. The fourth-order valence-corrected chi connectivity index (χ4v) is 3.55. The molecule has 0 unspecified atom stereocenters. The standard InChI is InChI=1S/C25H30N2O3/c1-18-10-12-21(13-11-18)25-26-16-20(3)27(25)17-22-8-4-5-9-23(22)30-14-6-7-19(2)15-24(28)29/h4-5,8-13,16,19H,6-7,14-15,17H2,1-3H3,(H,28,29)/t19-/m1/s1. The summed E-state index contributed by atoms with van der Waals surface area (Å²) in [6.07, 6.45) is 3.79. The highest BCUT2D eigenvalue weighted by Gasteiger charge is 2.13. The van der Waals surface area contributed by atoms with Gasteiger partial charge in [-0.3, -0.25) is 4.79 Å². The monoisotopic (exact) mass is 406 g/mol. The molecule has 0 aliphatic heterocycles. The van der Waals surface area contributed by atoms with Gasteiger partial charge in [-0.2, -0.15) is 0 Å². The molecule has 5 nitrogen and oxygen atoms in total. The molecule has 0 bridgehead atoms. The Morgan fingerprint density at radius 3 is 2.60 bits per heavy atom. The number of benzene rings is 2. The second-order valence-electron chi connectivity index (χ2n) is 7.98. The Balaban J connectivity index is 1.69. The lowest BCUT2D eigenvalue weighted by Crippen LogP contribution is -2.09. The Labute approximate surface area is 178 Å². The van der Waals surface area contributed by atoms with Crippen LogP contribution in [0, 0.1) is 19.8 Å². The lowest BCUT2D eigenvalue weighted by Gasteiger charge is -2.15. The minimum Gasteiger partial charge on any atom is -0.493 e. The van der Waals surface area contributed by atoms with Crippen LogP contribution < -0.4 is 4.74 Å². The van der Waals surface area contributed by atoms with Gasteiger partial charge in [-0.15, -0.1) is 0 Å². The summed E-state index contributed by atoms with van der Waals surface area (Å²) in [5.41, 5.74) is 4.53. The van der Waals surface area contributed by atoms with Gasteiger partial charge in [-0.05, 0) is 38.7 Å². The zero-order valence-electron chi connectivity index (χ0n) is 18.0. The van der Waals surface area contributed by atoms with Crippen LogP contribution in [-0.2, 0) is 11.3 Å². The number of aliphatic carboxylic acids is 1. The van der Waals surface area contributed by atoms with E-state index in [0.717, 1.165) is 41.2 Å². The van der Waals surface area contributed by atoms with Crippen LogP contribution in [0.25, 0.3) is 11.4 Å². The zero-order valence-corrected chi connectivity index (χ0v) is 18.0. The van der Waals surface area contributed by atoms with Crippen LogP contribution >= 0.6 is 0 Å². The molecule has 0 saturated carbocycles. The topological polar surface area (TPSA) is 64.4 Å². The highest BCUT2D eigenvalue weighted by Crippen LogP contribution is 2.25. The van der Waals surface area contributed by atoms with Gasteiger partial charge in [0.15, 0.2) is 0 Å². The van der Waals surface area contributed by atoms with Crippen LogP contribution in [0.15, 0.2) is 54.7 Å². The quantitative estimate of drug-likeness (QED) is 0.453. The number of rotatable bonds is 10. The molecule has 30 heavy (non-hydrogen) atoms. The lowest BCUT2D eigenvalue weighted by molar-refractivity contribution is -0.138. The molecule has 0 spiro atoms. The summed E-state index contributed by atoms with van der Waals surface area (Å²) in [5.74, 6) is 1.23. The number of carboxylic acids is 1. The summed E-state index contributed by atoms with van der Waals surface area (Å²) in [4.78, 5) is 15.4. The predicted molar refractivity (Wildman–Crippen MR) is 119 cm³/mol. The maximum absolute atomic E-state index is 10.8. The molecule has 1 heterocycles. The Morgan fingerprint density at radius 2 is 1.87 bits per heavy atom. The van der Waals surface area contributed by atoms with Gasteiger partial charge in [0.05, 0.1) is 13.2 Å². The number of nitrogens with zero attached hydrogens (tertiary/aromatic N) is 2. The van der Waals surface area contributed by atoms with Gasteiger partial charge in [-0.1, -0.05) is 55.0 Å². The third-order valence-corrected chi connectivity index (χ3v) is 5.29. The summed E-state index contributed by atoms with van der Waals surface area (Å²) in [7, 11) is 0. The lowest BCUT2D eigenvalue weighted by atomic mass is 10.0. The van der Waals surface area contributed by atoms with Gasteiger partial charge in [0.1, 0.15) is 11.6 Å². The smallest absolute Gasteiger partial charge is 0.303 e.